The van der Waals surface area contributed by atoms with E-state index in [1.807, 2.05) is 18.2 Å². The van der Waals surface area contributed by atoms with Crippen molar-refractivity contribution in [3.8, 4) is 5.82 Å². The van der Waals surface area contributed by atoms with Crippen LogP contribution in [0.4, 0.5) is 0 Å². The second kappa shape index (κ2) is 4.65. The molecule has 0 spiro atoms. The van der Waals surface area contributed by atoms with Crippen LogP contribution >= 0.6 is 0 Å². The summed E-state index contributed by atoms with van der Waals surface area (Å²) in [5, 5.41) is 0. The highest BCUT2D eigenvalue weighted by Crippen LogP contribution is 2.31. The summed E-state index contributed by atoms with van der Waals surface area (Å²) in [4.78, 5) is 16.7. The van der Waals surface area contributed by atoms with Gasteiger partial charge in [0.2, 0.25) is 0 Å². The largest absolute Gasteiger partial charge is 0.305 e. The van der Waals surface area contributed by atoms with Gasteiger partial charge in [0, 0.05) is 30.1 Å². The first-order valence-corrected chi connectivity index (χ1v) is 6.88. The Labute approximate surface area is 113 Å². The molecule has 3 rings (SSSR count). The van der Waals surface area contributed by atoms with Gasteiger partial charge in [0.05, 0.1) is 0 Å². The van der Waals surface area contributed by atoms with E-state index >= 15 is 0 Å². The van der Waals surface area contributed by atoms with Gasteiger partial charge in [0.25, 0.3) is 0 Å². The predicted octanol–water partition coefficient (Wildman–Crippen LogP) is 3.20. The first kappa shape index (κ1) is 12.2. The maximum Gasteiger partial charge on any atom is 0.165 e. The fourth-order valence-corrected chi connectivity index (χ4v) is 2.93. The van der Waals surface area contributed by atoms with Crippen LogP contribution in [0, 0.1) is 5.92 Å². The highest BCUT2D eigenvalue weighted by Gasteiger charge is 2.28. The van der Waals surface area contributed by atoms with Crippen molar-refractivity contribution in [1.29, 1.82) is 0 Å². The van der Waals surface area contributed by atoms with Crippen LogP contribution in [0.1, 0.15) is 41.9 Å². The number of hydrogen-bond acceptors (Lipinski definition) is 2. The quantitative estimate of drug-likeness (QED) is 0.825. The number of aryl methyl sites for hydroxylation is 1. The van der Waals surface area contributed by atoms with Crippen LogP contribution in [0.2, 0.25) is 0 Å². The van der Waals surface area contributed by atoms with E-state index in [2.05, 4.69) is 29.6 Å². The summed E-state index contributed by atoms with van der Waals surface area (Å²) >= 11 is 0. The zero-order valence-electron chi connectivity index (χ0n) is 11.4. The molecule has 19 heavy (non-hydrogen) atoms. The Morgan fingerprint density at radius 2 is 2.21 bits per heavy atom. The molecule has 0 aliphatic heterocycles. The van der Waals surface area contributed by atoms with Gasteiger partial charge in [-0.05, 0) is 36.5 Å². The van der Waals surface area contributed by atoms with E-state index < -0.39 is 0 Å². The molecule has 0 saturated carbocycles. The lowest BCUT2D eigenvalue weighted by Crippen LogP contribution is -2.20. The maximum absolute atomic E-state index is 12.3. The van der Waals surface area contributed by atoms with Crippen molar-refractivity contribution in [1.82, 2.24) is 9.55 Å². The van der Waals surface area contributed by atoms with E-state index in [1.165, 1.54) is 0 Å². The fraction of sp³-hybridized carbons (Fsp3) is 0.375. The third-order valence-corrected chi connectivity index (χ3v) is 3.82. The molecule has 0 bridgehead atoms. The number of aromatic nitrogens is 2. The van der Waals surface area contributed by atoms with Crippen LogP contribution < -0.4 is 0 Å². The Morgan fingerprint density at radius 1 is 1.37 bits per heavy atom. The van der Waals surface area contributed by atoms with Crippen molar-refractivity contribution in [3.05, 3.63) is 47.4 Å². The molecular weight excluding hydrogens is 236 g/mol. The molecule has 0 aromatic carbocycles. The van der Waals surface area contributed by atoms with E-state index in [0.717, 1.165) is 35.5 Å². The van der Waals surface area contributed by atoms with Crippen molar-refractivity contribution in [2.24, 2.45) is 5.92 Å². The Hall–Kier alpha value is -1.90. The zero-order chi connectivity index (χ0) is 13.4. The van der Waals surface area contributed by atoms with Crippen molar-refractivity contribution in [2.45, 2.75) is 33.1 Å². The Bertz CT molecular complexity index is 613. The first-order chi connectivity index (χ1) is 9.20. The van der Waals surface area contributed by atoms with E-state index in [1.54, 1.807) is 6.20 Å². The van der Waals surface area contributed by atoms with Crippen LogP contribution in [0.25, 0.3) is 5.82 Å². The molecule has 0 radical (unpaired) electrons. The van der Waals surface area contributed by atoms with E-state index in [9.17, 15) is 4.79 Å². The van der Waals surface area contributed by atoms with Crippen molar-refractivity contribution in [3.63, 3.8) is 0 Å². The van der Waals surface area contributed by atoms with Crippen LogP contribution in [0.3, 0.4) is 0 Å². The maximum atomic E-state index is 12.3. The van der Waals surface area contributed by atoms with Gasteiger partial charge in [-0.15, -0.1) is 0 Å². The summed E-state index contributed by atoms with van der Waals surface area (Å²) in [5.74, 6) is 1.61. The molecule has 1 aliphatic rings. The number of fused-ring (bicyclic) bond motifs is 1. The Balaban J connectivity index is 2.20. The molecule has 1 unspecified atom stereocenters. The highest BCUT2D eigenvalue weighted by atomic mass is 16.1. The summed E-state index contributed by atoms with van der Waals surface area (Å²) in [7, 11) is 0. The van der Waals surface area contributed by atoms with Crippen LogP contribution in [-0.4, -0.2) is 15.3 Å². The standard InChI is InChI=1S/C16H18N2O/c1-3-12-10-18(15-6-4-5-7-17-15)13-8-11(2)9-14(19)16(12)13/h4-7,10-11H,3,8-9H2,1-2H3. The van der Waals surface area contributed by atoms with Gasteiger partial charge in [-0.2, -0.15) is 0 Å². The lowest BCUT2D eigenvalue weighted by molar-refractivity contribution is 0.0952. The van der Waals surface area contributed by atoms with Gasteiger partial charge < -0.3 is 4.57 Å². The second-order valence-corrected chi connectivity index (χ2v) is 5.32. The van der Waals surface area contributed by atoms with Gasteiger partial charge in [0.1, 0.15) is 5.82 Å². The molecule has 2 aromatic rings. The summed E-state index contributed by atoms with van der Waals surface area (Å²) in [5.41, 5.74) is 3.24. The minimum absolute atomic E-state index is 0.292. The lowest BCUT2D eigenvalue weighted by Gasteiger charge is -2.20. The lowest BCUT2D eigenvalue weighted by atomic mass is 9.86. The van der Waals surface area contributed by atoms with Gasteiger partial charge in [0.15, 0.2) is 5.78 Å². The number of hydrogen-bond donors (Lipinski definition) is 0. The highest BCUT2D eigenvalue weighted by molar-refractivity contribution is 6.00. The molecule has 2 heterocycles. The molecule has 0 saturated heterocycles. The van der Waals surface area contributed by atoms with E-state index in [4.69, 9.17) is 0 Å². The average Bonchev–Trinajstić information content (AvgIpc) is 2.78. The number of ketones is 1. The molecule has 98 valence electrons. The zero-order valence-corrected chi connectivity index (χ0v) is 11.4. The van der Waals surface area contributed by atoms with Crippen LogP contribution in [-0.2, 0) is 12.8 Å². The third-order valence-electron chi connectivity index (χ3n) is 3.82. The van der Waals surface area contributed by atoms with Gasteiger partial charge in [-0.3, -0.25) is 4.79 Å². The minimum Gasteiger partial charge on any atom is -0.305 e. The van der Waals surface area contributed by atoms with Crippen molar-refractivity contribution < 1.29 is 4.79 Å². The molecule has 0 N–H and O–H groups in total. The predicted molar refractivity (Wildman–Crippen MR) is 74.8 cm³/mol. The summed E-state index contributed by atoms with van der Waals surface area (Å²) in [6.45, 7) is 4.24. The first-order valence-electron chi connectivity index (χ1n) is 6.88. The molecule has 0 fully saturated rings. The number of pyridine rings is 1. The summed E-state index contributed by atoms with van der Waals surface area (Å²) < 4.78 is 2.10. The molecular formula is C16H18N2O. The number of nitrogens with zero attached hydrogens (tertiary/aromatic N) is 2. The van der Waals surface area contributed by atoms with Crippen LogP contribution in [0.15, 0.2) is 30.6 Å². The van der Waals surface area contributed by atoms with E-state index in [0.29, 0.717) is 18.1 Å². The minimum atomic E-state index is 0.292. The number of carbonyl (C=O) groups is 1. The molecule has 2 aromatic heterocycles. The second-order valence-electron chi connectivity index (χ2n) is 5.32. The van der Waals surface area contributed by atoms with E-state index in [-0.39, 0.29) is 0 Å². The molecule has 1 atom stereocenters. The number of carbonyl (C=O) groups excluding carboxylic acids is 1. The smallest absolute Gasteiger partial charge is 0.165 e. The molecule has 3 heteroatoms. The number of Topliss-reactive ketones (excluding diaryl/α,β-unsaturated/α-hetero) is 1. The van der Waals surface area contributed by atoms with Crippen LogP contribution in [0.5, 0.6) is 0 Å². The molecule has 0 amide bonds. The van der Waals surface area contributed by atoms with Crippen molar-refractivity contribution in [2.75, 3.05) is 0 Å². The Kier molecular flexibility index (Phi) is 2.97. The normalized spacial score (nSPS) is 18.4. The molecule has 1 aliphatic carbocycles. The fourth-order valence-electron chi connectivity index (χ4n) is 2.93. The average molecular weight is 254 g/mol. The van der Waals surface area contributed by atoms with Gasteiger partial charge in [-0.1, -0.05) is 19.9 Å². The Morgan fingerprint density at radius 3 is 2.89 bits per heavy atom. The molecule has 3 nitrogen and oxygen atoms in total. The summed E-state index contributed by atoms with van der Waals surface area (Å²) in [6.07, 6.45) is 6.40. The summed E-state index contributed by atoms with van der Waals surface area (Å²) in [6, 6.07) is 5.88. The van der Waals surface area contributed by atoms with Gasteiger partial charge >= 0.3 is 0 Å². The number of rotatable bonds is 2. The SMILES string of the molecule is CCc1cn(-c2ccccn2)c2c1C(=O)CC(C)C2. The third kappa shape index (κ3) is 1.99. The van der Waals surface area contributed by atoms with Gasteiger partial charge in [-0.25, -0.2) is 4.98 Å². The van der Waals surface area contributed by atoms with Crippen molar-refractivity contribution >= 4 is 5.78 Å². The monoisotopic (exact) mass is 254 g/mol. The topological polar surface area (TPSA) is 34.9 Å².